The van der Waals surface area contributed by atoms with E-state index in [1.807, 2.05) is 25.1 Å². The van der Waals surface area contributed by atoms with E-state index in [0.717, 1.165) is 16.6 Å². The van der Waals surface area contributed by atoms with E-state index < -0.39 is 11.5 Å². The minimum absolute atomic E-state index is 0.0251. The molecule has 1 aromatic carbocycles. The fourth-order valence-corrected chi connectivity index (χ4v) is 3.72. The lowest BCUT2D eigenvalue weighted by molar-refractivity contribution is -0.137. The molecule has 0 bridgehead atoms. The van der Waals surface area contributed by atoms with Gasteiger partial charge in [-0.1, -0.05) is 6.07 Å². The molecule has 1 aliphatic rings. The maximum atomic E-state index is 12.6. The lowest BCUT2D eigenvalue weighted by atomic mass is 9.86. The topological polar surface area (TPSA) is 115 Å². The first-order valence-electron chi connectivity index (χ1n) is 9.48. The number of aryl methyl sites for hydroxylation is 1. The molecule has 0 spiro atoms. The Morgan fingerprint density at radius 1 is 1.29 bits per heavy atom. The largest absolute Gasteiger partial charge is 0.481 e. The number of nitrogens with zero attached hydrogens (tertiary/aromatic N) is 2. The number of aromatic amines is 1. The van der Waals surface area contributed by atoms with Gasteiger partial charge >= 0.3 is 5.97 Å². The Kier molecular flexibility index (Phi) is 5.67. The Bertz CT molecular complexity index is 907. The third-order valence-electron chi connectivity index (χ3n) is 5.37. The van der Waals surface area contributed by atoms with Crippen molar-refractivity contribution >= 4 is 28.8 Å². The van der Waals surface area contributed by atoms with Crippen molar-refractivity contribution in [3.63, 3.8) is 0 Å². The van der Waals surface area contributed by atoms with E-state index in [1.54, 1.807) is 11.9 Å². The van der Waals surface area contributed by atoms with Crippen molar-refractivity contribution in [2.45, 2.75) is 57.5 Å². The van der Waals surface area contributed by atoms with Crippen LogP contribution < -0.4 is 5.32 Å². The van der Waals surface area contributed by atoms with Gasteiger partial charge in [0.15, 0.2) is 0 Å². The summed E-state index contributed by atoms with van der Waals surface area (Å²) in [6, 6.07) is 5.96. The Morgan fingerprint density at radius 2 is 2.04 bits per heavy atom. The summed E-state index contributed by atoms with van der Waals surface area (Å²) in [5.74, 6) is -0.327. The normalized spacial score (nSPS) is 19.0. The van der Waals surface area contributed by atoms with Gasteiger partial charge in [-0.05, 0) is 43.9 Å². The van der Waals surface area contributed by atoms with Crippen LogP contribution in [0.1, 0.15) is 49.9 Å². The molecule has 0 radical (unpaired) electrons. The van der Waals surface area contributed by atoms with Gasteiger partial charge in [0.2, 0.25) is 11.8 Å². The second-order valence-corrected chi connectivity index (χ2v) is 7.68. The number of aromatic nitrogens is 2. The summed E-state index contributed by atoms with van der Waals surface area (Å²) in [5, 5.41) is 11.9. The first-order valence-corrected chi connectivity index (χ1v) is 9.48. The van der Waals surface area contributed by atoms with Gasteiger partial charge in [-0.15, -0.1) is 0 Å². The summed E-state index contributed by atoms with van der Waals surface area (Å²) in [6.45, 7) is 2.37. The number of rotatable bonds is 8. The van der Waals surface area contributed by atoms with Crippen LogP contribution in [0.15, 0.2) is 18.2 Å². The smallest absolute Gasteiger partial charge is 0.303 e. The molecule has 1 fully saturated rings. The predicted octanol–water partition coefficient (Wildman–Crippen LogP) is 2.12. The van der Waals surface area contributed by atoms with Crippen LogP contribution in [0.25, 0.3) is 11.0 Å². The highest BCUT2D eigenvalue weighted by Gasteiger charge is 2.38. The molecule has 1 saturated heterocycles. The Hall–Kier alpha value is -2.90. The number of hydrogen-bond acceptors (Lipinski definition) is 4. The predicted molar refractivity (Wildman–Crippen MR) is 104 cm³/mol. The Labute approximate surface area is 163 Å². The van der Waals surface area contributed by atoms with Crippen LogP contribution in [-0.4, -0.2) is 50.3 Å². The number of H-pyrrole nitrogens is 1. The van der Waals surface area contributed by atoms with Crippen LogP contribution in [0.3, 0.4) is 0 Å². The standard InChI is InChI=1S/C20H26N4O4/c1-13-3-4-14-15(11-13)22-16(21-14)12-24(2)18(26)6-9-20(10-7-19(27)28)8-5-17(25)23-20/h3-4,11H,5-10,12H2,1-2H3,(H,21,22)(H,23,25)(H,27,28). The molecule has 1 aromatic heterocycles. The first kappa shape index (κ1) is 19.9. The quantitative estimate of drug-likeness (QED) is 0.643. The van der Waals surface area contributed by atoms with Gasteiger partial charge in [0.05, 0.1) is 17.6 Å². The Balaban J connectivity index is 1.59. The van der Waals surface area contributed by atoms with Crippen molar-refractivity contribution in [1.29, 1.82) is 0 Å². The summed E-state index contributed by atoms with van der Waals surface area (Å²) >= 11 is 0. The lowest BCUT2D eigenvalue weighted by Gasteiger charge is -2.29. The van der Waals surface area contributed by atoms with Gasteiger partial charge in [0.1, 0.15) is 5.82 Å². The molecule has 0 aliphatic carbocycles. The molecule has 1 atom stereocenters. The molecule has 3 rings (SSSR count). The molecule has 3 N–H and O–H groups in total. The monoisotopic (exact) mass is 386 g/mol. The summed E-state index contributed by atoms with van der Waals surface area (Å²) < 4.78 is 0. The number of fused-ring (bicyclic) bond motifs is 1. The highest BCUT2D eigenvalue weighted by molar-refractivity contribution is 5.80. The van der Waals surface area contributed by atoms with E-state index in [-0.39, 0.29) is 24.7 Å². The average Bonchev–Trinajstić information content (AvgIpc) is 3.20. The summed E-state index contributed by atoms with van der Waals surface area (Å²) in [4.78, 5) is 44.5. The Morgan fingerprint density at radius 3 is 2.71 bits per heavy atom. The van der Waals surface area contributed by atoms with E-state index in [1.165, 1.54) is 0 Å². The minimum atomic E-state index is -0.899. The van der Waals surface area contributed by atoms with Crippen molar-refractivity contribution in [2.75, 3.05) is 7.05 Å². The molecule has 2 aromatic rings. The second-order valence-electron chi connectivity index (χ2n) is 7.68. The minimum Gasteiger partial charge on any atom is -0.481 e. The molecule has 2 heterocycles. The molecule has 28 heavy (non-hydrogen) atoms. The maximum absolute atomic E-state index is 12.6. The molecular formula is C20H26N4O4. The van der Waals surface area contributed by atoms with Crippen LogP contribution in [0.2, 0.25) is 0 Å². The van der Waals surface area contributed by atoms with Gasteiger partial charge in [0, 0.05) is 31.8 Å². The molecule has 8 nitrogen and oxygen atoms in total. The number of carbonyl (C=O) groups is 3. The highest BCUT2D eigenvalue weighted by Crippen LogP contribution is 2.30. The van der Waals surface area contributed by atoms with Gasteiger partial charge in [-0.25, -0.2) is 4.98 Å². The van der Waals surface area contributed by atoms with Crippen LogP contribution in [0.4, 0.5) is 0 Å². The number of nitrogens with one attached hydrogen (secondary N) is 2. The fourth-order valence-electron chi connectivity index (χ4n) is 3.72. The summed E-state index contributed by atoms with van der Waals surface area (Å²) in [5.41, 5.74) is 2.35. The second kappa shape index (κ2) is 8.00. The zero-order valence-electron chi connectivity index (χ0n) is 16.2. The van der Waals surface area contributed by atoms with Gasteiger partial charge in [0.25, 0.3) is 0 Å². The number of carboxylic acids is 1. The highest BCUT2D eigenvalue weighted by atomic mass is 16.4. The molecule has 8 heteroatoms. The summed E-state index contributed by atoms with van der Waals surface area (Å²) in [7, 11) is 1.72. The number of aliphatic carboxylic acids is 1. The summed E-state index contributed by atoms with van der Waals surface area (Å²) in [6.07, 6.45) is 1.95. The molecule has 0 saturated carbocycles. The number of carbonyl (C=O) groups excluding carboxylic acids is 2. The number of benzene rings is 1. The van der Waals surface area contributed by atoms with Crippen LogP contribution in [-0.2, 0) is 20.9 Å². The van der Waals surface area contributed by atoms with Crippen LogP contribution >= 0.6 is 0 Å². The van der Waals surface area contributed by atoms with Crippen molar-refractivity contribution in [1.82, 2.24) is 20.2 Å². The number of amides is 2. The van der Waals surface area contributed by atoms with Crippen molar-refractivity contribution in [3.8, 4) is 0 Å². The van der Waals surface area contributed by atoms with Crippen LogP contribution in [0.5, 0.6) is 0 Å². The number of carboxylic acid groups (broad SMARTS) is 1. The third kappa shape index (κ3) is 4.68. The van der Waals surface area contributed by atoms with Gasteiger partial charge in [-0.2, -0.15) is 0 Å². The number of hydrogen-bond donors (Lipinski definition) is 3. The average molecular weight is 386 g/mol. The zero-order valence-corrected chi connectivity index (χ0v) is 16.2. The molecular weight excluding hydrogens is 360 g/mol. The van der Waals surface area contributed by atoms with Crippen LogP contribution in [0, 0.1) is 6.92 Å². The van der Waals surface area contributed by atoms with Crippen molar-refractivity contribution in [3.05, 3.63) is 29.6 Å². The van der Waals surface area contributed by atoms with Crippen molar-refractivity contribution in [2.24, 2.45) is 0 Å². The van der Waals surface area contributed by atoms with Gasteiger partial charge < -0.3 is 20.3 Å². The van der Waals surface area contributed by atoms with Gasteiger partial charge in [-0.3, -0.25) is 14.4 Å². The third-order valence-corrected chi connectivity index (χ3v) is 5.37. The van der Waals surface area contributed by atoms with E-state index in [9.17, 15) is 14.4 Å². The lowest BCUT2D eigenvalue weighted by Crippen LogP contribution is -2.43. The van der Waals surface area contributed by atoms with E-state index in [2.05, 4.69) is 15.3 Å². The SMILES string of the molecule is Cc1ccc2nc(CN(C)C(=O)CCC3(CCC(=O)O)CCC(=O)N3)[nH]c2c1. The fraction of sp³-hybridized carbons (Fsp3) is 0.500. The van der Waals surface area contributed by atoms with Crippen molar-refractivity contribution < 1.29 is 19.5 Å². The first-order chi connectivity index (χ1) is 13.3. The van der Waals surface area contributed by atoms with E-state index >= 15 is 0 Å². The molecule has 1 aliphatic heterocycles. The molecule has 1 unspecified atom stereocenters. The van der Waals surface area contributed by atoms with E-state index in [0.29, 0.717) is 38.1 Å². The zero-order chi connectivity index (χ0) is 20.3. The maximum Gasteiger partial charge on any atom is 0.303 e. The van der Waals surface area contributed by atoms with E-state index in [4.69, 9.17) is 5.11 Å². The number of imidazole rings is 1. The molecule has 150 valence electrons. The molecule has 2 amide bonds.